The first-order valence-electron chi connectivity index (χ1n) is 4.81. The maximum Gasteiger partial charge on any atom is 0.304 e. The molecule has 3 heteroatoms. The molecule has 0 aromatic heterocycles. The highest BCUT2D eigenvalue weighted by Crippen LogP contribution is 2.12. The van der Waals surface area contributed by atoms with Crippen LogP contribution in [0.5, 0.6) is 0 Å². The zero-order valence-electron chi connectivity index (χ0n) is 8.52. The van der Waals surface area contributed by atoms with Gasteiger partial charge in [0.05, 0.1) is 6.42 Å². The van der Waals surface area contributed by atoms with Crippen LogP contribution in [0.2, 0.25) is 0 Å². The van der Waals surface area contributed by atoms with Crippen LogP contribution in [0.4, 0.5) is 0 Å². The fraction of sp³-hybridized carbons (Fsp3) is 0.250. The number of rotatable bonds is 5. The van der Waals surface area contributed by atoms with Crippen LogP contribution in [0.25, 0.3) is 6.08 Å². The minimum atomic E-state index is -0.862. The molecule has 80 valence electrons. The molecule has 0 aliphatic rings. The summed E-state index contributed by atoms with van der Waals surface area (Å²) in [5, 5.41) is 8.59. The molecule has 3 N–H and O–H groups in total. The quantitative estimate of drug-likeness (QED) is 0.768. The first kappa shape index (κ1) is 11.5. The van der Waals surface area contributed by atoms with Crippen molar-refractivity contribution in [2.45, 2.75) is 18.9 Å². The van der Waals surface area contributed by atoms with Gasteiger partial charge in [0.15, 0.2) is 0 Å². The lowest BCUT2D eigenvalue weighted by Crippen LogP contribution is -2.26. The molecule has 3 nitrogen and oxygen atoms in total. The zero-order valence-corrected chi connectivity index (χ0v) is 8.52. The summed E-state index contributed by atoms with van der Waals surface area (Å²) < 4.78 is 0. The van der Waals surface area contributed by atoms with E-state index in [1.807, 2.05) is 24.3 Å². The molecule has 15 heavy (non-hydrogen) atoms. The lowest BCUT2D eigenvalue weighted by Gasteiger charge is -2.11. The molecule has 0 heterocycles. The van der Waals surface area contributed by atoms with Gasteiger partial charge in [0.1, 0.15) is 0 Å². The van der Waals surface area contributed by atoms with E-state index in [2.05, 4.69) is 6.58 Å². The maximum absolute atomic E-state index is 10.5. The van der Waals surface area contributed by atoms with Crippen LogP contribution >= 0.6 is 0 Å². The monoisotopic (exact) mass is 205 g/mol. The molecule has 0 aliphatic heterocycles. The van der Waals surface area contributed by atoms with Gasteiger partial charge >= 0.3 is 5.97 Å². The Kier molecular flexibility index (Phi) is 4.06. The van der Waals surface area contributed by atoms with Gasteiger partial charge in [0, 0.05) is 6.04 Å². The highest BCUT2D eigenvalue weighted by molar-refractivity contribution is 5.67. The number of benzene rings is 1. The highest BCUT2D eigenvalue weighted by atomic mass is 16.4. The van der Waals surface area contributed by atoms with Crippen LogP contribution in [0.3, 0.4) is 0 Å². The van der Waals surface area contributed by atoms with E-state index in [9.17, 15) is 4.79 Å². The van der Waals surface area contributed by atoms with Crippen molar-refractivity contribution in [3.8, 4) is 0 Å². The summed E-state index contributed by atoms with van der Waals surface area (Å²) >= 11 is 0. The van der Waals surface area contributed by atoms with E-state index >= 15 is 0 Å². The van der Waals surface area contributed by atoms with E-state index in [1.165, 1.54) is 0 Å². The largest absolute Gasteiger partial charge is 0.481 e. The minimum absolute atomic E-state index is 0.00846. The van der Waals surface area contributed by atoms with E-state index in [1.54, 1.807) is 6.08 Å². The summed E-state index contributed by atoms with van der Waals surface area (Å²) in [6, 6.07) is 7.37. The number of aliphatic carboxylic acids is 1. The normalized spacial score (nSPS) is 12.1. The molecule has 1 atom stereocenters. The van der Waals surface area contributed by atoms with Crippen molar-refractivity contribution in [2.75, 3.05) is 0 Å². The van der Waals surface area contributed by atoms with Crippen LogP contribution in [0.1, 0.15) is 17.5 Å². The van der Waals surface area contributed by atoms with Gasteiger partial charge < -0.3 is 10.8 Å². The van der Waals surface area contributed by atoms with Crippen LogP contribution in [-0.2, 0) is 11.2 Å². The second kappa shape index (κ2) is 5.32. The number of hydrogen-bond acceptors (Lipinski definition) is 2. The van der Waals surface area contributed by atoms with Gasteiger partial charge in [-0.05, 0) is 17.5 Å². The highest BCUT2D eigenvalue weighted by Gasteiger charge is 2.10. The van der Waals surface area contributed by atoms with Gasteiger partial charge in [-0.15, -0.1) is 0 Å². The summed E-state index contributed by atoms with van der Waals surface area (Å²) in [5.41, 5.74) is 7.77. The fourth-order valence-electron chi connectivity index (χ4n) is 1.50. The molecule has 0 saturated carbocycles. The van der Waals surface area contributed by atoms with E-state index in [0.29, 0.717) is 6.42 Å². The van der Waals surface area contributed by atoms with Crippen molar-refractivity contribution >= 4 is 12.0 Å². The van der Waals surface area contributed by atoms with Gasteiger partial charge in [-0.25, -0.2) is 0 Å². The predicted molar refractivity (Wildman–Crippen MR) is 60.5 cm³/mol. The average molecular weight is 205 g/mol. The van der Waals surface area contributed by atoms with Crippen molar-refractivity contribution in [2.24, 2.45) is 5.73 Å². The van der Waals surface area contributed by atoms with Crippen molar-refractivity contribution in [3.05, 3.63) is 42.0 Å². The molecular formula is C12H15NO2. The maximum atomic E-state index is 10.5. The number of carbonyl (C=O) groups is 1. The SMILES string of the molecule is C=Cc1ccccc1CC(N)CC(=O)O. The van der Waals surface area contributed by atoms with E-state index in [4.69, 9.17) is 10.8 Å². The van der Waals surface area contributed by atoms with Gasteiger partial charge in [-0.3, -0.25) is 4.79 Å². The first-order chi connectivity index (χ1) is 7.13. The Labute approximate surface area is 89.2 Å². The second-order valence-electron chi connectivity index (χ2n) is 3.47. The first-order valence-corrected chi connectivity index (χ1v) is 4.81. The lowest BCUT2D eigenvalue weighted by atomic mass is 9.99. The zero-order chi connectivity index (χ0) is 11.3. The topological polar surface area (TPSA) is 63.3 Å². The van der Waals surface area contributed by atoms with E-state index < -0.39 is 5.97 Å². The summed E-state index contributed by atoms with van der Waals surface area (Å²) in [7, 11) is 0. The van der Waals surface area contributed by atoms with Crippen LogP contribution < -0.4 is 5.73 Å². The smallest absolute Gasteiger partial charge is 0.304 e. The predicted octanol–water partition coefficient (Wildman–Crippen LogP) is 1.67. The van der Waals surface area contributed by atoms with Crippen LogP contribution in [-0.4, -0.2) is 17.1 Å². The molecule has 0 aliphatic carbocycles. The molecule has 0 radical (unpaired) electrons. The molecule has 1 rings (SSSR count). The van der Waals surface area contributed by atoms with Crippen molar-refractivity contribution in [1.29, 1.82) is 0 Å². The minimum Gasteiger partial charge on any atom is -0.481 e. The van der Waals surface area contributed by atoms with Crippen molar-refractivity contribution in [3.63, 3.8) is 0 Å². The standard InChI is InChI=1S/C12H15NO2/c1-2-9-5-3-4-6-10(9)7-11(13)8-12(14)15/h2-6,11H,1,7-8,13H2,(H,14,15). The Hall–Kier alpha value is -1.61. The number of carboxylic acids is 1. The van der Waals surface area contributed by atoms with Gasteiger partial charge in [0.2, 0.25) is 0 Å². The Morgan fingerprint density at radius 1 is 1.53 bits per heavy atom. The summed E-state index contributed by atoms with van der Waals surface area (Å²) in [4.78, 5) is 10.5. The molecule has 0 saturated heterocycles. The van der Waals surface area contributed by atoms with Gasteiger partial charge in [-0.1, -0.05) is 36.9 Å². The Morgan fingerprint density at radius 2 is 2.20 bits per heavy atom. The van der Waals surface area contributed by atoms with E-state index in [0.717, 1.165) is 11.1 Å². The van der Waals surface area contributed by atoms with Gasteiger partial charge in [0.25, 0.3) is 0 Å². The Balaban J connectivity index is 2.71. The second-order valence-corrected chi connectivity index (χ2v) is 3.47. The average Bonchev–Trinajstić information content (AvgIpc) is 2.17. The van der Waals surface area contributed by atoms with Gasteiger partial charge in [-0.2, -0.15) is 0 Å². The molecule has 1 aromatic carbocycles. The van der Waals surface area contributed by atoms with E-state index in [-0.39, 0.29) is 12.5 Å². The van der Waals surface area contributed by atoms with Crippen molar-refractivity contribution in [1.82, 2.24) is 0 Å². The fourth-order valence-corrected chi connectivity index (χ4v) is 1.50. The Bertz CT molecular complexity index is 360. The molecule has 1 unspecified atom stereocenters. The van der Waals surface area contributed by atoms with Crippen LogP contribution in [0, 0.1) is 0 Å². The molecular weight excluding hydrogens is 190 g/mol. The summed E-state index contributed by atoms with van der Waals surface area (Å²) in [5.74, 6) is -0.862. The Morgan fingerprint density at radius 3 is 2.80 bits per heavy atom. The van der Waals surface area contributed by atoms with Crippen molar-refractivity contribution < 1.29 is 9.90 Å². The number of nitrogens with two attached hydrogens (primary N) is 1. The molecule has 0 amide bonds. The summed E-state index contributed by atoms with van der Waals surface area (Å²) in [6.07, 6.45) is 2.31. The third-order valence-electron chi connectivity index (χ3n) is 2.19. The van der Waals surface area contributed by atoms with Crippen LogP contribution in [0.15, 0.2) is 30.8 Å². The molecule has 1 aromatic rings. The number of carboxylic acid groups (broad SMARTS) is 1. The molecule has 0 bridgehead atoms. The molecule has 0 fully saturated rings. The molecule has 0 spiro atoms. The summed E-state index contributed by atoms with van der Waals surface area (Å²) in [6.45, 7) is 3.70. The lowest BCUT2D eigenvalue weighted by molar-refractivity contribution is -0.137. The number of hydrogen-bond donors (Lipinski definition) is 2. The third-order valence-corrected chi connectivity index (χ3v) is 2.19. The third kappa shape index (κ3) is 3.56.